The zero-order chi connectivity index (χ0) is 21.2. The second-order valence-electron chi connectivity index (χ2n) is 6.01. The summed E-state index contributed by atoms with van der Waals surface area (Å²) in [7, 11) is 0. The van der Waals surface area contributed by atoms with Crippen LogP contribution < -0.4 is 5.32 Å². The summed E-state index contributed by atoms with van der Waals surface area (Å²) < 4.78 is 0. The van der Waals surface area contributed by atoms with Gasteiger partial charge in [0.2, 0.25) is 0 Å². The number of dihydropyridines is 1. The lowest BCUT2D eigenvalue weighted by Gasteiger charge is -2.21. The maximum atomic E-state index is 10.2. The lowest BCUT2D eigenvalue weighted by molar-refractivity contribution is 0.477. The Balaban J connectivity index is 0.00000145. The maximum absolute atomic E-state index is 10.2. The number of nitrogens with zero attached hydrogens (tertiary/aromatic N) is 1. The van der Waals surface area contributed by atoms with E-state index in [1.54, 1.807) is 30.0 Å². The first-order valence-electron chi connectivity index (χ1n) is 9.46. The second-order valence-corrected chi connectivity index (χ2v) is 7.24. The van der Waals surface area contributed by atoms with Crippen LogP contribution in [0, 0.1) is 6.92 Å². The topological polar surface area (TPSA) is 60.9 Å². The molecule has 0 fully saturated rings. The lowest BCUT2D eigenvalue weighted by atomic mass is 10.1. The lowest BCUT2D eigenvalue weighted by Crippen LogP contribution is -2.24. The molecule has 3 N–H and O–H groups in total. The molecule has 2 aromatic rings. The standard InChI is InChI=1S/C22H21N3OS.C2H6/c1-4-5-6-8-16(3)27-22-17(9-7-12-23-22)19-14-20(25-24-19)18-13-15(2)10-11-21(18)26;1-2/h4-5,7-14,22-23,26H,1,3H2,2H3,(H,24,25);1-2H3. The van der Waals surface area contributed by atoms with Crippen LogP contribution in [-0.4, -0.2) is 20.7 Å². The zero-order valence-electron chi connectivity index (χ0n) is 17.1. The third-order valence-corrected chi connectivity index (χ3v) is 4.99. The fourth-order valence-electron chi connectivity index (χ4n) is 2.66. The van der Waals surface area contributed by atoms with Crippen LogP contribution in [0.5, 0.6) is 5.75 Å². The van der Waals surface area contributed by atoms with Gasteiger partial charge in [0.15, 0.2) is 0 Å². The number of allylic oxidation sites excluding steroid dienone is 4. The van der Waals surface area contributed by atoms with Gasteiger partial charge >= 0.3 is 0 Å². The molecular weight excluding hydrogens is 378 g/mol. The molecule has 5 heteroatoms. The van der Waals surface area contributed by atoms with Gasteiger partial charge in [-0.1, -0.05) is 62.5 Å². The van der Waals surface area contributed by atoms with Crippen molar-refractivity contribution in [1.29, 1.82) is 0 Å². The number of thioether (sulfide) groups is 1. The van der Waals surface area contributed by atoms with Gasteiger partial charge in [-0.15, -0.1) is 5.73 Å². The van der Waals surface area contributed by atoms with E-state index in [2.05, 4.69) is 34.4 Å². The molecule has 0 amide bonds. The average Bonchev–Trinajstić information content (AvgIpc) is 3.22. The summed E-state index contributed by atoms with van der Waals surface area (Å²) >= 11 is 1.58. The van der Waals surface area contributed by atoms with Gasteiger partial charge in [-0.2, -0.15) is 5.10 Å². The Hall–Kier alpha value is -3.14. The van der Waals surface area contributed by atoms with E-state index < -0.39 is 0 Å². The van der Waals surface area contributed by atoms with Crippen LogP contribution in [-0.2, 0) is 0 Å². The molecular formula is C24H27N3OS. The van der Waals surface area contributed by atoms with Crippen molar-refractivity contribution < 1.29 is 5.11 Å². The smallest absolute Gasteiger partial charge is 0.124 e. The molecule has 3 rings (SSSR count). The minimum atomic E-state index is -0.0217. The van der Waals surface area contributed by atoms with Gasteiger partial charge in [-0.25, -0.2) is 0 Å². The van der Waals surface area contributed by atoms with E-state index in [4.69, 9.17) is 0 Å². The van der Waals surface area contributed by atoms with Crippen molar-refractivity contribution in [2.75, 3.05) is 0 Å². The number of phenols is 1. The Morgan fingerprint density at radius 3 is 2.86 bits per heavy atom. The Kier molecular flexibility index (Phi) is 8.41. The number of nitrogens with one attached hydrogen (secondary N) is 2. The van der Waals surface area contributed by atoms with Gasteiger partial charge in [0.05, 0.1) is 11.4 Å². The molecule has 1 atom stereocenters. The highest BCUT2D eigenvalue weighted by atomic mass is 32.2. The highest BCUT2D eigenvalue weighted by Gasteiger charge is 2.21. The van der Waals surface area contributed by atoms with Gasteiger partial charge in [0, 0.05) is 16.0 Å². The predicted molar refractivity (Wildman–Crippen MR) is 125 cm³/mol. The number of H-pyrrole nitrogens is 1. The summed E-state index contributed by atoms with van der Waals surface area (Å²) in [6.45, 7) is 13.7. The monoisotopic (exact) mass is 405 g/mol. The number of benzene rings is 1. The third kappa shape index (κ3) is 5.92. The number of aromatic nitrogens is 2. The molecule has 1 aromatic heterocycles. The first kappa shape index (κ1) is 22.2. The van der Waals surface area contributed by atoms with Gasteiger partial charge < -0.3 is 10.4 Å². The highest BCUT2D eigenvalue weighted by molar-refractivity contribution is 8.04. The summed E-state index contributed by atoms with van der Waals surface area (Å²) in [6, 6.07) is 7.46. The van der Waals surface area contributed by atoms with Crippen molar-refractivity contribution in [1.82, 2.24) is 15.5 Å². The van der Waals surface area contributed by atoms with E-state index >= 15 is 0 Å². The van der Waals surface area contributed by atoms with Crippen LogP contribution in [0.25, 0.3) is 16.8 Å². The van der Waals surface area contributed by atoms with Crippen molar-refractivity contribution in [3.8, 4) is 17.0 Å². The van der Waals surface area contributed by atoms with E-state index in [9.17, 15) is 5.11 Å². The number of hydrogen-bond donors (Lipinski definition) is 3. The van der Waals surface area contributed by atoms with Gasteiger partial charge in [-0.05, 0) is 49.6 Å². The number of aromatic amines is 1. The number of aromatic hydroxyl groups is 1. The van der Waals surface area contributed by atoms with Crippen LogP contribution in [0.2, 0.25) is 0 Å². The van der Waals surface area contributed by atoms with Gasteiger partial charge in [0.25, 0.3) is 0 Å². The van der Waals surface area contributed by atoms with Crippen molar-refractivity contribution in [3.63, 3.8) is 0 Å². The molecule has 1 aliphatic heterocycles. The van der Waals surface area contributed by atoms with E-state index in [-0.39, 0.29) is 11.1 Å². The molecule has 150 valence electrons. The van der Waals surface area contributed by atoms with E-state index in [0.717, 1.165) is 33.0 Å². The van der Waals surface area contributed by atoms with E-state index in [1.165, 1.54) is 0 Å². The number of aryl methyl sites for hydroxylation is 1. The first-order chi connectivity index (χ1) is 14.1. The Morgan fingerprint density at radius 2 is 2.10 bits per heavy atom. The molecule has 0 bridgehead atoms. The summed E-state index contributed by atoms with van der Waals surface area (Å²) in [5.74, 6) is 0.227. The highest BCUT2D eigenvalue weighted by Crippen LogP contribution is 2.34. The van der Waals surface area contributed by atoms with Gasteiger partial charge in [-0.3, -0.25) is 5.10 Å². The van der Waals surface area contributed by atoms with Crippen LogP contribution >= 0.6 is 11.8 Å². The van der Waals surface area contributed by atoms with Crippen LogP contribution in [0.15, 0.2) is 84.6 Å². The summed E-state index contributed by atoms with van der Waals surface area (Å²) in [5, 5.41) is 21.0. The molecule has 1 aromatic carbocycles. The Labute approximate surface area is 177 Å². The third-order valence-electron chi connectivity index (χ3n) is 3.95. The van der Waals surface area contributed by atoms with E-state index in [0.29, 0.717) is 0 Å². The minimum absolute atomic E-state index is 0.0217. The molecule has 0 aliphatic carbocycles. The second kappa shape index (κ2) is 11.0. The van der Waals surface area contributed by atoms with Crippen LogP contribution in [0.3, 0.4) is 0 Å². The molecule has 29 heavy (non-hydrogen) atoms. The SMILES string of the molecule is C=CC=C=CC(=C)SC1NC=CC=C1c1cc(-c2cc(C)ccc2O)[nH]n1.CC. The van der Waals surface area contributed by atoms with Crippen LogP contribution in [0.4, 0.5) is 0 Å². The molecule has 0 saturated heterocycles. The first-order valence-corrected chi connectivity index (χ1v) is 10.3. The summed E-state index contributed by atoms with van der Waals surface area (Å²) in [6.07, 6.45) is 11.1. The largest absolute Gasteiger partial charge is 0.507 e. The van der Waals surface area contributed by atoms with Gasteiger partial charge in [0.1, 0.15) is 11.1 Å². The van der Waals surface area contributed by atoms with Crippen LogP contribution in [0.1, 0.15) is 25.1 Å². The number of rotatable bonds is 6. The molecule has 1 unspecified atom stereocenters. The molecule has 4 nitrogen and oxygen atoms in total. The normalized spacial score (nSPS) is 14.4. The molecule has 0 spiro atoms. The fourth-order valence-corrected chi connectivity index (χ4v) is 3.57. The Bertz CT molecular complexity index is 991. The molecule has 0 radical (unpaired) electrons. The number of phenolic OH excluding ortho intramolecular Hbond substituents is 1. The van der Waals surface area contributed by atoms with Crippen molar-refractivity contribution in [3.05, 3.63) is 95.9 Å². The van der Waals surface area contributed by atoms with E-state index in [1.807, 2.05) is 63.4 Å². The molecule has 0 saturated carbocycles. The van der Waals surface area contributed by atoms with Crippen molar-refractivity contribution in [2.45, 2.75) is 26.1 Å². The average molecular weight is 406 g/mol. The quantitative estimate of drug-likeness (QED) is 0.402. The zero-order valence-corrected chi connectivity index (χ0v) is 17.9. The number of hydrogen-bond acceptors (Lipinski definition) is 4. The van der Waals surface area contributed by atoms with Crippen molar-refractivity contribution >= 4 is 17.3 Å². The maximum Gasteiger partial charge on any atom is 0.124 e. The minimum Gasteiger partial charge on any atom is -0.507 e. The summed E-state index contributed by atoms with van der Waals surface area (Å²) in [5.41, 5.74) is 7.44. The Morgan fingerprint density at radius 1 is 1.31 bits per heavy atom. The predicted octanol–water partition coefficient (Wildman–Crippen LogP) is 6.09. The fraction of sp³-hybridized carbons (Fsp3) is 0.167. The molecule has 1 aliphatic rings. The molecule has 2 heterocycles. The summed E-state index contributed by atoms with van der Waals surface area (Å²) in [4.78, 5) is 0.874. The van der Waals surface area contributed by atoms with Crippen molar-refractivity contribution in [2.24, 2.45) is 0 Å².